The number of benzene rings is 1. The molecule has 0 spiro atoms. The predicted molar refractivity (Wildman–Crippen MR) is 141 cm³/mol. The smallest absolute Gasteiger partial charge is 0.246 e. The van der Waals surface area contributed by atoms with E-state index < -0.39 is 6.10 Å². The van der Waals surface area contributed by atoms with Crippen LogP contribution in [-0.4, -0.2) is 110 Å². The molecule has 2 saturated heterocycles. The van der Waals surface area contributed by atoms with Crippen molar-refractivity contribution in [3.8, 4) is 0 Å². The van der Waals surface area contributed by atoms with E-state index in [1.165, 1.54) is 6.08 Å². The maximum Gasteiger partial charge on any atom is 0.246 e. The summed E-state index contributed by atoms with van der Waals surface area (Å²) in [5, 5.41) is 11.2. The van der Waals surface area contributed by atoms with Crippen molar-refractivity contribution >= 4 is 41.1 Å². The van der Waals surface area contributed by atoms with E-state index in [0.29, 0.717) is 55.8 Å². The molecule has 8 nitrogen and oxygen atoms in total. The van der Waals surface area contributed by atoms with E-state index in [2.05, 4.69) is 4.90 Å². The fourth-order valence-corrected chi connectivity index (χ4v) is 5.11. The fourth-order valence-electron chi connectivity index (χ4n) is 4.80. The van der Waals surface area contributed by atoms with E-state index in [1.54, 1.807) is 43.4 Å². The monoisotopic (exact) mass is 541 g/mol. The van der Waals surface area contributed by atoms with Crippen LogP contribution in [0.4, 0.5) is 0 Å². The van der Waals surface area contributed by atoms with Crippen molar-refractivity contribution < 1.29 is 24.2 Å². The van der Waals surface area contributed by atoms with Crippen LogP contribution in [0, 0.1) is 0 Å². The lowest BCUT2D eigenvalue weighted by Crippen LogP contribution is -2.54. The molecule has 10 heteroatoms. The molecule has 200 valence electrons. The standard InChI is InChI=1S/C26H37Cl2N3O5/c1-35-18-20-16-24(36-2)23(32)17-31(20)11-4-3-10-29-13-14-30(12-9-26(29)34)25(33)8-6-19-5-7-21(27)22(28)15-19/h5-8,15,20,23-24,32H,3-4,9-14,16-18H2,1-2H3/b8-6+. The third kappa shape index (κ3) is 8.16. The zero-order chi connectivity index (χ0) is 26.1. The highest BCUT2D eigenvalue weighted by Crippen LogP contribution is 2.23. The number of amides is 2. The first-order valence-corrected chi connectivity index (χ1v) is 13.2. The number of nitrogens with zero attached hydrogens (tertiary/aromatic N) is 3. The van der Waals surface area contributed by atoms with Crippen LogP contribution in [-0.2, 0) is 19.1 Å². The first-order chi connectivity index (χ1) is 17.3. The fraction of sp³-hybridized carbons (Fsp3) is 0.615. The topological polar surface area (TPSA) is 82.6 Å². The molecule has 2 amide bonds. The van der Waals surface area contributed by atoms with Crippen molar-refractivity contribution in [3.05, 3.63) is 39.9 Å². The highest BCUT2D eigenvalue weighted by Gasteiger charge is 2.34. The largest absolute Gasteiger partial charge is 0.389 e. The average Bonchev–Trinajstić information content (AvgIpc) is 3.05. The summed E-state index contributed by atoms with van der Waals surface area (Å²) in [6, 6.07) is 5.40. The maximum absolute atomic E-state index is 12.7. The molecule has 1 N–H and O–H groups in total. The lowest BCUT2D eigenvalue weighted by molar-refractivity contribution is -0.130. The Hall–Kier alpha value is -1.68. The maximum atomic E-state index is 12.7. The minimum absolute atomic E-state index is 0.0763. The van der Waals surface area contributed by atoms with Gasteiger partial charge in [0.05, 0.1) is 28.9 Å². The summed E-state index contributed by atoms with van der Waals surface area (Å²) in [7, 11) is 3.32. The van der Waals surface area contributed by atoms with Gasteiger partial charge in [0, 0.05) is 65.5 Å². The summed E-state index contributed by atoms with van der Waals surface area (Å²) in [6.07, 6.45) is 5.36. The van der Waals surface area contributed by atoms with Crippen LogP contribution in [0.25, 0.3) is 6.08 Å². The van der Waals surface area contributed by atoms with Crippen LogP contribution in [0.15, 0.2) is 24.3 Å². The molecule has 2 aliphatic heterocycles. The summed E-state index contributed by atoms with van der Waals surface area (Å²) < 4.78 is 10.8. The Labute approximate surface area is 223 Å². The Morgan fingerprint density at radius 2 is 1.92 bits per heavy atom. The van der Waals surface area contributed by atoms with Gasteiger partial charge in [-0.25, -0.2) is 0 Å². The number of β-amino-alcohol motifs (C(OH)–C–C–N with tert-alkyl or cyclic N) is 1. The van der Waals surface area contributed by atoms with Gasteiger partial charge in [-0.05, 0) is 49.6 Å². The van der Waals surface area contributed by atoms with Crippen molar-refractivity contribution in [1.82, 2.24) is 14.7 Å². The highest BCUT2D eigenvalue weighted by molar-refractivity contribution is 6.42. The van der Waals surface area contributed by atoms with Gasteiger partial charge in [-0.3, -0.25) is 14.5 Å². The van der Waals surface area contributed by atoms with Crippen molar-refractivity contribution in [2.24, 2.45) is 0 Å². The number of carbonyl (C=O) groups is 2. The number of halogens is 2. The summed E-state index contributed by atoms with van der Waals surface area (Å²) >= 11 is 12.0. The number of piperidine rings is 1. The van der Waals surface area contributed by atoms with Gasteiger partial charge in [-0.2, -0.15) is 0 Å². The van der Waals surface area contributed by atoms with Crippen molar-refractivity contribution in [2.75, 3.05) is 60.1 Å². The molecule has 2 heterocycles. The molecule has 2 aliphatic rings. The van der Waals surface area contributed by atoms with E-state index in [4.69, 9.17) is 32.7 Å². The Morgan fingerprint density at radius 3 is 2.64 bits per heavy atom. The van der Waals surface area contributed by atoms with E-state index in [0.717, 1.165) is 31.4 Å². The first-order valence-electron chi connectivity index (χ1n) is 12.5. The van der Waals surface area contributed by atoms with Crippen molar-refractivity contribution in [1.29, 1.82) is 0 Å². The SMILES string of the molecule is COCC1CC(OC)C(O)CN1CCCCN1CCN(C(=O)/C=C/c2ccc(Cl)c(Cl)c2)CCC1=O. The van der Waals surface area contributed by atoms with E-state index in [1.807, 2.05) is 4.90 Å². The van der Waals surface area contributed by atoms with Gasteiger partial charge in [0.25, 0.3) is 0 Å². The molecule has 2 fully saturated rings. The number of aliphatic hydroxyl groups is 1. The molecule has 0 bridgehead atoms. The Bertz CT molecular complexity index is 916. The molecule has 3 unspecified atom stereocenters. The van der Waals surface area contributed by atoms with E-state index >= 15 is 0 Å². The normalized spacial score (nSPS) is 23.9. The number of hydrogen-bond acceptors (Lipinski definition) is 6. The lowest BCUT2D eigenvalue weighted by Gasteiger charge is -2.41. The lowest BCUT2D eigenvalue weighted by atomic mass is 9.97. The second kappa shape index (κ2) is 14.3. The molecular formula is C26H37Cl2N3O5. The third-order valence-electron chi connectivity index (χ3n) is 6.92. The molecule has 36 heavy (non-hydrogen) atoms. The number of carbonyl (C=O) groups excluding carboxylic acids is 2. The minimum atomic E-state index is -0.510. The van der Waals surface area contributed by atoms with Gasteiger partial charge in [-0.15, -0.1) is 0 Å². The van der Waals surface area contributed by atoms with Gasteiger partial charge in [0.15, 0.2) is 0 Å². The van der Waals surface area contributed by atoms with Gasteiger partial charge >= 0.3 is 0 Å². The third-order valence-corrected chi connectivity index (χ3v) is 7.66. The quantitative estimate of drug-likeness (QED) is 0.362. The van der Waals surface area contributed by atoms with Crippen LogP contribution in [0.2, 0.25) is 10.0 Å². The average molecular weight is 543 g/mol. The Balaban J connectivity index is 1.44. The zero-order valence-corrected chi connectivity index (χ0v) is 22.6. The Kier molecular flexibility index (Phi) is 11.5. The number of ether oxygens (including phenoxy) is 2. The molecule has 3 atom stereocenters. The van der Waals surface area contributed by atoms with Crippen LogP contribution in [0.5, 0.6) is 0 Å². The Morgan fingerprint density at radius 1 is 1.14 bits per heavy atom. The van der Waals surface area contributed by atoms with E-state index in [-0.39, 0.29) is 24.0 Å². The van der Waals surface area contributed by atoms with Gasteiger partial charge in [0.2, 0.25) is 11.8 Å². The molecule has 1 aromatic carbocycles. The van der Waals surface area contributed by atoms with E-state index in [9.17, 15) is 14.7 Å². The second-order valence-corrected chi connectivity index (χ2v) is 10.2. The summed E-state index contributed by atoms with van der Waals surface area (Å²) in [4.78, 5) is 31.2. The molecule has 0 aliphatic carbocycles. The van der Waals surface area contributed by atoms with Crippen molar-refractivity contribution in [3.63, 3.8) is 0 Å². The molecule has 1 aromatic rings. The molecule has 0 aromatic heterocycles. The predicted octanol–water partition coefficient (Wildman–Crippen LogP) is 2.94. The number of aliphatic hydroxyl groups excluding tert-OH is 1. The van der Waals surface area contributed by atoms with Crippen LogP contribution in [0.3, 0.4) is 0 Å². The molecule has 0 saturated carbocycles. The molecular weight excluding hydrogens is 505 g/mol. The van der Waals surface area contributed by atoms with Crippen LogP contribution >= 0.6 is 23.2 Å². The van der Waals surface area contributed by atoms with Crippen molar-refractivity contribution in [2.45, 2.75) is 43.9 Å². The minimum Gasteiger partial charge on any atom is -0.389 e. The van der Waals surface area contributed by atoms with Gasteiger partial charge in [-0.1, -0.05) is 29.3 Å². The number of rotatable bonds is 10. The molecule has 3 rings (SSSR count). The number of hydrogen-bond donors (Lipinski definition) is 1. The zero-order valence-electron chi connectivity index (χ0n) is 21.1. The second-order valence-electron chi connectivity index (χ2n) is 9.35. The van der Waals surface area contributed by atoms with Gasteiger partial charge in [0.1, 0.15) is 0 Å². The number of unbranched alkanes of at least 4 members (excludes halogenated alkanes) is 1. The number of methoxy groups -OCH3 is 2. The molecule has 0 radical (unpaired) electrons. The number of likely N-dealkylation sites (tertiary alicyclic amines) is 1. The summed E-state index contributed by atoms with van der Waals surface area (Å²) in [6.45, 7) is 4.07. The van der Waals surface area contributed by atoms with Gasteiger partial charge < -0.3 is 24.4 Å². The first kappa shape index (κ1) is 28.9. The highest BCUT2D eigenvalue weighted by atomic mass is 35.5. The summed E-state index contributed by atoms with van der Waals surface area (Å²) in [5.41, 5.74) is 0.789. The van der Waals surface area contributed by atoms with Crippen LogP contribution < -0.4 is 0 Å². The van der Waals surface area contributed by atoms with Crippen LogP contribution in [0.1, 0.15) is 31.2 Å². The summed E-state index contributed by atoms with van der Waals surface area (Å²) in [5.74, 6) is -0.0507.